The Hall–Kier alpha value is -2.37. The fraction of sp³-hybridized carbons (Fsp3) is 0.550. The lowest BCUT2D eigenvalue weighted by Crippen LogP contribution is -2.50. The van der Waals surface area contributed by atoms with Crippen LogP contribution >= 0.6 is 0 Å². The van der Waals surface area contributed by atoms with Crippen LogP contribution in [0.25, 0.3) is 0 Å². The summed E-state index contributed by atoms with van der Waals surface area (Å²) in [6, 6.07) is 9.96. The van der Waals surface area contributed by atoms with E-state index in [1.54, 1.807) is 0 Å². The standard InChI is InChI=1S/C20H27N3O3.2H2/c1-3-20(18(25)21-19(26)22-20)13-14(2)17(24)23-11-9-16(10-12-23)15-7-5-4-6-8-15;;/h4-8,14,16H,3,9-13H2,1-2H3,(H2,21,22,25,26);2*1H/t14-,20+;;/m0../s1. The zero-order chi connectivity index (χ0) is 18.7. The summed E-state index contributed by atoms with van der Waals surface area (Å²) in [5.41, 5.74) is 0.372. The molecule has 4 amide bonds. The average Bonchev–Trinajstić information content (AvgIpc) is 2.95. The van der Waals surface area contributed by atoms with E-state index in [-0.39, 0.29) is 20.6 Å². The fourth-order valence-electron chi connectivity index (χ4n) is 4.15. The highest BCUT2D eigenvalue weighted by atomic mass is 16.2. The molecule has 26 heavy (non-hydrogen) atoms. The monoisotopic (exact) mass is 361 g/mol. The van der Waals surface area contributed by atoms with Crippen LogP contribution in [0.5, 0.6) is 0 Å². The lowest BCUT2D eigenvalue weighted by atomic mass is 9.84. The van der Waals surface area contributed by atoms with Gasteiger partial charge in [0.25, 0.3) is 5.91 Å². The third-order valence-electron chi connectivity index (χ3n) is 5.77. The van der Waals surface area contributed by atoms with Crippen LogP contribution in [-0.2, 0) is 9.59 Å². The lowest BCUT2D eigenvalue weighted by Gasteiger charge is -2.35. The van der Waals surface area contributed by atoms with Gasteiger partial charge in [-0.2, -0.15) is 0 Å². The van der Waals surface area contributed by atoms with Crippen molar-refractivity contribution in [3.05, 3.63) is 35.9 Å². The zero-order valence-electron chi connectivity index (χ0n) is 15.5. The Morgan fingerprint density at radius 1 is 1.27 bits per heavy atom. The molecule has 0 saturated carbocycles. The van der Waals surface area contributed by atoms with Gasteiger partial charge in [0.1, 0.15) is 5.54 Å². The van der Waals surface area contributed by atoms with Crippen LogP contribution in [0.1, 0.15) is 53.9 Å². The Labute approximate surface area is 157 Å². The van der Waals surface area contributed by atoms with Gasteiger partial charge in [-0.3, -0.25) is 14.9 Å². The van der Waals surface area contributed by atoms with Gasteiger partial charge >= 0.3 is 6.03 Å². The summed E-state index contributed by atoms with van der Waals surface area (Å²) in [4.78, 5) is 38.4. The number of carbonyl (C=O) groups excluding carboxylic acids is 3. The topological polar surface area (TPSA) is 78.5 Å². The maximum atomic E-state index is 12.9. The molecule has 2 fully saturated rings. The van der Waals surface area contributed by atoms with Crippen LogP contribution in [0.3, 0.4) is 0 Å². The third-order valence-corrected chi connectivity index (χ3v) is 5.77. The van der Waals surface area contributed by atoms with E-state index < -0.39 is 11.6 Å². The molecule has 2 aliphatic heterocycles. The molecule has 2 heterocycles. The first-order chi connectivity index (χ1) is 12.4. The summed E-state index contributed by atoms with van der Waals surface area (Å²) in [5, 5.41) is 5.01. The number of piperidine rings is 1. The van der Waals surface area contributed by atoms with Gasteiger partial charge in [0.2, 0.25) is 5.91 Å². The predicted octanol–water partition coefficient (Wildman–Crippen LogP) is 2.90. The first kappa shape index (κ1) is 18.4. The molecule has 0 aliphatic carbocycles. The molecule has 0 spiro atoms. The largest absolute Gasteiger partial charge is 0.342 e. The molecule has 6 nitrogen and oxygen atoms in total. The molecule has 0 bridgehead atoms. The van der Waals surface area contributed by atoms with Crippen molar-refractivity contribution < 1.29 is 17.2 Å². The van der Waals surface area contributed by atoms with Crippen molar-refractivity contribution in [2.75, 3.05) is 13.1 Å². The van der Waals surface area contributed by atoms with Gasteiger partial charge in [-0.1, -0.05) is 44.2 Å². The van der Waals surface area contributed by atoms with Crippen molar-refractivity contribution in [2.45, 2.75) is 51.0 Å². The normalized spacial score (nSPS) is 24.9. The van der Waals surface area contributed by atoms with E-state index in [0.717, 1.165) is 25.9 Å². The second-order valence-electron chi connectivity index (χ2n) is 7.46. The number of nitrogens with zero attached hydrogens (tertiary/aromatic N) is 1. The number of nitrogens with one attached hydrogen (secondary N) is 2. The molecule has 6 heteroatoms. The zero-order valence-corrected chi connectivity index (χ0v) is 15.5. The SMILES string of the molecule is CC[C@]1(C[C@H](C)C(=O)N2CCC(c3ccccc3)CC2)NC(=O)NC1=O.[HH].[HH]. The van der Waals surface area contributed by atoms with Gasteiger partial charge in [-0.05, 0) is 37.2 Å². The van der Waals surface area contributed by atoms with E-state index in [4.69, 9.17) is 0 Å². The molecule has 1 aromatic carbocycles. The summed E-state index contributed by atoms with van der Waals surface area (Å²) < 4.78 is 0. The number of carbonyl (C=O) groups is 3. The van der Waals surface area contributed by atoms with E-state index in [1.165, 1.54) is 5.56 Å². The van der Waals surface area contributed by atoms with Crippen LogP contribution in [0.2, 0.25) is 0 Å². The van der Waals surface area contributed by atoms with Gasteiger partial charge < -0.3 is 10.2 Å². The number of benzene rings is 1. The lowest BCUT2D eigenvalue weighted by molar-refractivity contribution is -0.137. The molecular weight excluding hydrogens is 330 g/mol. The molecule has 0 aromatic heterocycles. The second kappa shape index (κ2) is 7.48. The van der Waals surface area contributed by atoms with Gasteiger partial charge in [0, 0.05) is 21.9 Å². The molecule has 0 unspecified atom stereocenters. The molecule has 1 aromatic rings. The summed E-state index contributed by atoms with van der Waals surface area (Å²) in [7, 11) is 0. The van der Waals surface area contributed by atoms with Crippen molar-refractivity contribution in [1.82, 2.24) is 15.5 Å². The predicted molar refractivity (Wildman–Crippen MR) is 103 cm³/mol. The van der Waals surface area contributed by atoms with Gasteiger partial charge in [-0.25, -0.2) is 4.79 Å². The molecule has 2 aliphatic rings. The van der Waals surface area contributed by atoms with Crippen molar-refractivity contribution in [3.8, 4) is 0 Å². The summed E-state index contributed by atoms with van der Waals surface area (Å²) >= 11 is 0. The highest BCUT2D eigenvalue weighted by Gasteiger charge is 2.46. The molecule has 2 N–H and O–H groups in total. The van der Waals surface area contributed by atoms with Crippen LogP contribution < -0.4 is 10.6 Å². The number of amides is 4. The first-order valence-electron chi connectivity index (χ1n) is 9.42. The quantitative estimate of drug-likeness (QED) is 0.792. The maximum Gasteiger partial charge on any atom is 0.322 e. The van der Waals surface area contributed by atoms with Crippen molar-refractivity contribution >= 4 is 17.8 Å². The van der Waals surface area contributed by atoms with Crippen molar-refractivity contribution in [1.29, 1.82) is 0 Å². The number of hydrogen-bond acceptors (Lipinski definition) is 3. The highest BCUT2D eigenvalue weighted by Crippen LogP contribution is 2.30. The number of hydrogen-bond donors (Lipinski definition) is 2. The summed E-state index contributed by atoms with van der Waals surface area (Å²) in [6.45, 7) is 5.18. The van der Waals surface area contributed by atoms with Gasteiger partial charge in [0.15, 0.2) is 0 Å². The maximum absolute atomic E-state index is 12.9. The van der Waals surface area contributed by atoms with Gasteiger partial charge in [0.05, 0.1) is 0 Å². The Morgan fingerprint density at radius 2 is 1.92 bits per heavy atom. The number of urea groups is 1. The van der Waals surface area contributed by atoms with Gasteiger partial charge in [-0.15, -0.1) is 0 Å². The van der Waals surface area contributed by atoms with E-state index in [2.05, 4.69) is 34.9 Å². The van der Waals surface area contributed by atoms with E-state index in [0.29, 0.717) is 18.8 Å². The first-order valence-corrected chi connectivity index (χ1v) is 9.42. The molecule has 2 atom stereocenters. The van der Waals surface area contributed by atoms with E-state index in [1.807, 2.05) is 24.8 Å². The fourth-order valence-corrected chi connectivity index (χ4v) is 4.15. The number of rotatable bonds is 5. The Kier molecular flexibility index (Phi) is 5.30. The summed E-state index contributed by atoms with van der Waals surface area (Å²) in [6.07, 6.45) is 2.72. The Morgan fingerprint density at radius 3 is 2.46 bits per heavy atom. The van der Waals surface area contributed by atoms with Crippen LogP contribution in [-0.4, -0.2) is 41.4 Å². The minimum absolute atomic E-state index is 0. The molecule has 3 rings (SSSR count). The average molecular weight is 361 g/mol. The van der Waals surface area contributed by atoms with Crippen molar-refractivity contribution in [2.24, 2.45) is 5.92 Å². The third kappa shape index (κ3) is 3.59. The Balaban J connectivity index is 0.00000196. The van der Waals surface area contributed by atoms with Crippen LogP contribution in [0.15, 0.2) is 30.3 Å². The minimum Gasteiger partial charge on any atom is -0.342 e. The molecule has 144 valence electrons. The van der Waals surface area contributed by atoms with Crippen LogP contribution in [0.4, 0.5) is 4.79 Å². The number of likely N-dealkylation sites (tertiary alicyclic amines) is 1. The second-order valence-corrected chi connectivity index (χ2v) is 7.46. The summed E-state index contributed by atoms with van der Waals surface area (Å²) in [5.74, 6) is -0.0736. The molecule has 0 radical (unpaired) electrons. The number of imide groups is 1. The Bertz CT molecular complexity index is 693. The van der Waals surface area contributed by atoms with E-state index >= 15 is 0 Å². The minimum atomic E-state index is -0.964. The highest BCUT2D eigenvalue weighted by molar-refractivity contribution is 6.07. The van der Waals surface area contributed by atoms with E-state index in [9.17, 15) is 14.4 Å². The van der Waals surface area contributed by atoms with Crippen LogP contribution in [0, 0.1) is 5.92 Å². The smallest absolute Gasteiger partial charge is 0.322 e. The van der Waals surface area contributed by atoms with Crippen molar-refractivity contribution in [3.63, 3.8) is 0 Å². The molecular formula is C20H31N3O3. The molecule has 2 saturated heterocycles.